The van der Waals surface area contributed by atoms with Crippen LogP contribution in [0.1, 0.15) is 33.1 Å². The molecule has 1 aliphatic heterocycles. The average Bonchev–Trinajstić information content (AvgIpc) is 2.75. The molecule has 22 heavy (non-hydrogen) atoms. The van der Waals surface area contributed by atoms with Crippen LogP contribution < -0.4 is 5.73 Å². The lowest BCUT2D eigenvalue weighted by Gasteiger charge is -2.23. The number of aliphatic hydroxyl groups excluding tert-OH is 2. The fourth-order valence-electron chi connectivity index (χ4n) is 2.52. The lowest BCUT2D eigenvalue weighted by molar-refractivity contribution is -0.142. The van der Waals surface area contributed by atoms with E-state index in [1.54, 1.807) is 4.90 Å². The second-order valence-electron chi connectivity index (χ2n) is 5.93. The molecule has 0 amide bonds. The van der Waals surface area contributed by atoms with Crippen molar-refractivity contribution < 1.29 is 20.1 Å². The van der Waals surface area contributed by atoms with Crippen molar-refractivity contribution in [3.63, 3.8) is 0 Å². The topological polar surface area (TPSA) is 119 Å². The molecule has 0 aliphatic carbocycles. The van der Waals surface area contributed by atoms with Gasteiger partial charge < -0.3 is 26.0 Å². The monoisotopic (exact) mass is 313 g/mol. The van der Waals surface area contributed by atoms with Crippen molar-refractivity contribution in [1.29, 1.82) is 0 Å². The third-order valence-corrected chi connectivity index (χ3v) is 3.73. The molecule has 5 N–H and O–H groups in total. The summed E-state index contributed by atoms with van der Waals surface area (Å²) in [5, 5.41) is 27.9. The summed E-state index contributed by atoms with van der Waals surface area (Å²) in [5.74, 6) is -1.20. The normalized spacial score (nSPS) is 20.5. The third-order valence-electron chi connectivity index (χ3n) is 3.73. The van der Waals surface area contributed by atoms with Gasteiger partial charge in [-0.2, -0.15) is 0 Å². The first-order valence-corrected chi connectivity index (χ1v) is 7.58. The van der Waals surface area contributed by atoms with Crippen LogP contribution in [0, 0.1) is 5.92 Å². The first-order chi connectivity index (χ1) is 10.3. The Bertz CT molecular complexity index is 433. The molecule has 0 saturated carbocycles. The highest BCUT2D eigenvalue weighted by Crippen LogP contribution is 2.21. The van der Waals surface area contributed by atoms with Gasteiger partial charge in [0.15, 0.2) is 5.96 Å². The number of nitrogens with two attached hydrogens (primary N) is 1. The summed E-state index contributed by atoms with van der Waals surface area (Å²) >= 11 is 0. The predicted octanol–water partition coefficient (Wildman–Crippen LogP) is 0.176. The quantitative estimate of drug-likeness (QED) is 0.451. The number of carbonyl (C=O) groups is 1. The number of guanidine groups is 1. The fraction of sp³-hybridized carbons (Fsp3) is 0.733. The molecule has 7 nitrogen and oxygen atoms in total. The van der Waals surface area contributed by atoms with Crippen molar-refractivity contribution in [2.75, 3.05) is 19.7 Å². The van der Waals surface area contributed by atoms with E-state index in [4.69, 9.17) is 10.8 Å². The van der Waals surface area contributed by atoms with Crippen LogP contribution >= 0.6 is 0 Å². The van der Waals surface area contributed by atoms with Gasteiger partial charge in [-0.1, -0.05) is 11.6 Å². The van der Waals surface area contributed by atoms with Crippen LogP contribution in [0.25, 0.3) is 0 Å². The van der Waals surface area contributed by atoms with Gasteiger partial charge in [-0.25, -0.2) is 4.99 Å². The van der Waals surface area contributed by atoms with Gasteiger partial charge in [0.05, 0.1) is 18.1 Å². The predicted molar refractivity (Wildman–Crippen MR) is 84.5 cm³/mol. The van der Waals surface area contributed by atoms with Gasteiger partial charge in [-0.05, 0) is 33.1 Å². The third kappa shape index (κ3) is 5.65. The van der Waals surface area contributed by atoms with Crippen LogP contribution in [0.15, 0.2) is 16.6 Å². The van der Waals surface area contributed by atoms with E-state index in [1.165, 1.54) is 0 Å². The Balaban J connectivity index is 2.63. The Hall–Kier alpha value is -1.60. The lowest BCUT2D eigenvalue weighted by Crippen LogP contribution is -2.41. The molecule has 0 bridgehead atoms. The van der Waals surface area contributed by atoms with Gasteiger partial charge in [0.25, 0.3) is 0 Å². The van der Waals surface area contributed by atoms with Gasteiger partial charge in [0.1, 0.15) is 0 Å². The minimum atomic E-state index is -0.874. The number of hydrogen-bond acceptors (Lipinski definition) is 6. The number of allylic oxidation sites excluding steroid dienone is 2. The van der Waals surface area contributed by atoms with Crippen molar-refractivity contribution in [3.8, 4) is 0 Å². The highest BCUT2D eigenvalue weighted by molar-refractivity contribution is 5.81. The Kier molecular flexibility index (Phi) is 7.34. The Morgan fingerprint density at radius 2 is 2.18 bits per heavy atom. The molecule has 1 aliphatic rings. The number of aliphatic hydroxyl groups is 2. The first-order valence-electron chi connectivity index (χ1n) is 7.58. The summed E-state index contributed by atoms with van der Waals surface area (Å²) in [4.78, 5) is 17.4. The number of carboxylic acid groups (broad SMARTS) is 1. The summed E-state index contributed by atoms with van der Waals surface area (Å²) in [6, 6.07) is -0.399. The van der Waals surface area contributed by atoms with Crippen molar-refractivity contribution >= 4 is 11.9 Å². The van der Waals surface area contributed by atoms with Gasteiger partial charge in [0.2, 0.25) is 0 Å². The molecule has 126 valence electrons. The molecule has 0 aromatic rings. The van der Waals surface area contributed by atoms with E-state index in [9.17, 15) is 15.0 Å². The van der Waals surface area contributed by atoms with E-state index >= 15 is 0 Å². The minimum absolute atomic E-state index is 0.101. The molecule has 1 unspecified atom stereocenters. The summed E-state index contributed by atoms with van der Waals surface area (Å²) in [7, 11) is 0. The zero-order valence-electron chi connectivity index (χ0n) is 13.3. The molecule has 0 radical (unpaired) electrons. The van der Waals surface area contributed by atoms with Crippen molar-refractivity contribution in [3.05, 3.63) is 11.6 Å². The number of aliphatic carboxylic acids is 1. The van der Waals surface area contributed by atoms with E-state index in [0.29, 0.717) is 19.4 Å². The zero-order valence-corrected chi connectivity index (χ0v) is 13.3. The number of carboxylic acids is 1. The van der Waals surface area contributed by atoms with Crippen LogP contribution in [0.2, 0.25) is 0 Å². The molecular weight excluding hydrogens is 286 g/mol. The molecule has 0 aromatic heterocycles. The van der Waals surface area contributed by atoms with E-state index in [2.05, 4.69) is 4.99 Å². The summed E-state index contributed by atoms with van der Waals surface area (Å²) in [6.45, 7) is 4.50. The molecule has 1 heterocycles. The number of aliphatic imine (C=N–C) groups is 1. The minimum Gasteiger partial charge on any atom is -0.481 e. The maximum atomic E-state index is 11.5. The zero-order chi connectivity index (χ0) is 16.7. The average molecular weight is 313 g/mol. The standard InChI is InChI=1S/C15H27N3O4/c1-10(2)4-3-5-12(14(21)22)13-9-18(15(16)17-13)8-11(20)6-7-19/h4,11-13,19-20H,3,5-9H2,1-2H3,(H2,16,17)(H,21,22)/t11?,12-,13+/m1/s1. The molecule has 1 rings (SSSR count). The van der Waals surface area contributed by atoms with Crippen molar-refractivity contribution in [2.45, 2.75) is 45.3 Å². The Morgan fingerprint density at radius 1 is 1.50 bits per heavy atom. The van der Waals surface area contributed by atoms with Gasteiger partial charge in [-0.3, -0.25) is 4.79 Å². The molecule has 3 atom stereocenters. The van der Waals surface area contributed by atoms with Gasteiger partial charge >= 0.3 is 5.97 Å². The number of hydrogen-bond donors (Lipinski definition) is 4. The van der Waals surface area contributed by atoms with Gasteiger partial charge in [-0.15, -0.1) is 0 Å². The maximum Gasteiger partial charge on any atom is 0.308 e. The summed E-state index contributed by atoms with van der Waals surface area (Å²) in [6.07, 6.45) is 2.78. The van der Waals surface area contributed by atoms with E-state index in [-0.39, 0.29) is 25.5 Å². The smallest absolute Gasteiger partial charge is 0.308 e. The molecule has 0 aromatic carbocycles. The Labute approximate surface area is 131 Å². The summed E-state index contributed by atoms with van der Waals surface area (Å²) in [5.41, 5.74) is 6.99. The summed E-state index contributed by atoms with van der Waals surface area (Å²) < 4.78 is 0. The van der Waals surface area contributed by atoms with Crippen LogP contribution in [-0.2, 0) is 4.79 Å². The SMILES string of the molecule is CC(C)=CCC[C@@H](C(=O)O)[C@@H]1CN(CC(O)CCO)C(N)=N1. The highest BCUT2D eigenvalue weighted by Gasteiger charge is 2.34. The molecular formula is C15H27N3O4. The molecule has 7 heteroatoms. The van der Waals surface area contributed by atoms with Crippen molar-refractivity contribution in [1.82, 2.24) is 4.90 Å². The van der Waals surface area contributed by atoms with Crippen LogP contribution in [0.5, 0.6) is 0 Å². The van der Waals surface area contributed by atoms with Gasteiger partial charge in [0, 0.05) is 19.7 Å². The number of nitrogens with zero attached hydrogens (tertiary/aromatic N) is 2. The highest BCUT2D eigenvalue weighted by atomic mass is 16.4. The number of β-amino-alcohol motifs (C(OH)–C–C–N with tert-alkyl or cyclic N) is 1. The fourth-order valence-corrected chi connectivity index (χ4v) is 2.52. The molecule has 0 fully saturated rings. The van der Waals surface area contributed by atoms with Crippen LogP contribution in [0.3, 0.4) is 0 Å². The maximum absolute atomic E-state index is 11.5. The molecule has 0 saturated heterocycles. The van der Waals surface area contributed by atoms with Crippen molar-refractivity contribution in [2.24, 2.45) is 16.6 Å². The largest absolute Gasteiger partial charge is 0.481 e. The van der Waals surface area contributed by atoms with E-state index in [0.717, 1.165) is 5.57 Å². The van der Waals surface area contributed by atoms with E-state index < -0.39 is 24.0 Å². The van der Waals surface area contributed by atoms with Crippen LogP contribution in [-0.4, -0.2) is 64.0 Å². The lowest BCUT2D eigenvalue weighted by atomic mass is 9.94. The van der Waals surface area contributed by atoms with E-state index in [1.807, 2.05) is 19.9 Å². The first kappa shape index (κ1) is 18.4. The second-order valence-corrected chi connectivity index (χ2v) is 5.93. The molecule has 0 spiro atoms. The van der Waals surface area contributed by atoms with Crippen LogP contribution in [0.4, 0.5) is 0 Å². The second kappa shape index (κ2) is 8.75. The Morgan fingerprint density at radius 3 is 2.73 bits per heavy atom. The number of rotatable bonds is 9.